The third-order valence-corrected chi connectivity index (χ3v) is 2.76. The van der Waals surface area contributed by atoms with Crippen LogP contribution in [0.15, 0.2) is 18.2 Å². The van der Waals surface area contributed by atoms with Gasteiger partial charge in [-0.15, -0.1) is 0 Å². The first-order chi connectivity index (χ1) is 7.41. The van der Waals surface area contributed by atoms with E-state index in [1.165, 1.54) is 0 Å². The van der Waals surface area contributed by atoms with Crippen molar-refractivity contribution in [3.63, 3.8) is 0 Å². The van der Waals surface area contributed by atoms with Gasteiger partial charge >= 0.3 is 0 Å². The van der Waals surface area contributed by atoms with E-state index >= 15 is 0 Å². The van der Waals surface area contributed by atoms with Gasteiger partial charge in [0, 0.05) is 25.5 Å². The Labute approximate surface area is 105 Å². The van der Waals surface area contributed by atoms with Gasteiger partial charge in [0.15, 0.2) is 0 Å². The van der Waals surface area contributed by atoms with Crippen LogP contribution in [0.5, 0.6) is 0 Å². The van der Waals surface area contributed by atoms with Crippen molar-refractivity contribution in [3.05, 3.63) is 23.8 Å². The minimum absolute atomic E-state index is 0.0271. The molecule has 0 aromatic heterocycles. The van der Waals surface area contributed by atoms with Gasteiger partial charge in [0.25, 0.3) is 0 Å². The zero-order chi connectivity index (χ0) is 12.3. The number of anilines is 2. The maximum Gasteiger partial charge on any atom is 0.237 e. The number of halogens is 1. The van der Waals surface area contributed by atoms with E-state index in [4.69, 9.17) is 0 Å². The molecule has 1 rings (SSSR count). The van der Waals surface area contributed by atoms with E-state index in [9.17, 15) is 4.79 Å². The fourth-order valence-electron chi connectivity index (χ4n) is 1.30. The summed E-state index contributed by atoms with van der Waals surface area (Å²) in [6.07, 6.45) is 0. The highest BCUT2D eigenvalue weighted by Crippen LogP contribution is 2.21. The van der Waals surface area contributed by atoms with Crippen molar-refractivity contribution < 1.29 is 4.79 Å². The van der Waals surface area contributed by atoms with Crippen molar-refractivity contribution in [2.24, 2.45) is 0 Å². The molecule has 0 fully saturated rings. The van der Waals surface area contributed by atoms with E-state index in [0.29, 0.717) is 0 Å². The van der Waals surface area contributed by atoms with Crippen molar-refractivity contribution >= 4 is 33.2 Å². The Morgan fingerprint density at radius 2 is 2.06 bits per heavy atom. The van der Waals surface area contributed by atoms with Gasteiger partial charge in [-0.3, -0.25) is 4.79 Å². The number of aryl methyl sites for hydroxylation is 1. The largest absolute Gasteiger partial charge is 0.378 e. The molecule has 1 aromatic carbocycles. The van der Waals surface area contributed by atoms with Crippen LogP contribution in [0.2, 0.25) is 0 Å². The van der Waals surface area contributed by atoms with Gasteiger partial charge in [-0.1, -0.05) is 15.9 Å². The summed E-state index contributed by atoms with van der Waals surface area (Å²) in [7, 11) is 3.99. The molecule has 1 atom stereocenters. The van der Waals surface area contributed by atoms with Gasteiger partial charge in [-0.05, 0) is 37.6 Å². The number of hydrogen-bond acceptors (Lipinski definition) is 2. The minimum Gasteiger partial charge on any atom is -0.378 e. The Morgan fingerprint density at radius 3 is 2.50 bits per heavy atom. The first-order valence-corrected chi connectivity index (χ1v) is 6.06. The fraction of sp³-hybridized carbons (Fsp3) is 0.417. The summed E-state index contributed by atoms with van der Waals surface area (Å²) in [4.78, 5) is 13.4. The van der Waals surface area contributed by atoms with Crippen LogP contribution in [-0.4, -0.2) is 24.8 Å². The topological polar surface area (TPSA) is 32.3 Å². The van der Waals surface area contributed by atoms with Gasteiger partial charge in [0.2, 0.25) is 5.91 Å². The van der Waals surface area contributed by atoms with E-state index in [0.717, 1.165) is 16.9 Å². The molecule has 0 aliphatic rings. The van der Waals surface area contributed by atoms with Crippen molar-refractivity contribution in [2.45, 2.75) is 18.7 Å². The van der Waals surface area contributed by atoms with Crippen LogP contribution >= 0.6 is 15.9 Å². The molecule has 0 spiro atoms. The zero-order valence-electron chi connectivity index (χ0n) is 10.0. The zero-order valence-corrected chi connectivity index (χ0v) is 11.6. The van der Waals surface area contributed by atoms with Gasteiger partial charge in [0.05, 0.1) is 4.83 Å². The van der Waals surface area contributed by atoms with Crippen molar-refractivity contribution in [1.29, 1.82) is 0 Å². The number of nitrogens with zero attached hydrogens (tertiary/aromatic N) is 1. The number of hydrogen-bond donors (Lipinski definition) is 1. The molecule has 0 heterocycles. The highest BCUT2D eigenvalue weighted by Gasteiger charge is 2.10. The highest BCUT2D eigenvalue weighted by molar-refractivity contribution is 9.10. The smallest absolute Gasteiger partial charge is 0.237 e. The number of amides is 1. The third kappa shape index (κ3) is 3.23. The summed E-state index contributed by atoms with van der Waals surface area (Å²) in [5.41, 5.74) is 3.05. The fourth-order valence-corrected chi connectivity index (χ4v) is 1.41. The number of benzene rings is 1. The van der Waals surface area contributed by atoms with Crippen LogP contribution in [0.25, 0.3) is 0 Å². The van der Waals surface area contributed by atoms with Gasteiger partial charge in [-0.25, -0.2) is 0 Å². The number of rotatable bonds is 3. The highest BCUT2D eigenvalue weighted by atomic mass is 79.9. The first-order valence-electron chi connectivity index (χ1n) is 5.14. The van der Waals surface area contributed by atoms with E-state index < -0.39 is 0 Å². The molecule has 0 saturated heterocycles. The van der Waals surface area contributed by atoms with Crippen molar-refractivity contribution in [3.8, 4) is 0 Å². The van der Waals surface area contributed by atoms with Crippen LogP contribution in [0, 0.1) is 6.92 Å². The molecule has 0 radical (unpaired) electrons. The van der Waals surface area contributed by atoms with Gasteiger partial charge < -0.3 is 10.2 Å². The van der Waals surface area contributed by atoms with E-state index in [-0.39, 0.29) is 10.7 Å². The number of nitrogens with one attached hydrogen (secondary N) is 1. The molecule has 1 aromatic rings. The SMILES string of the molecule is Cc1cc(N(C)C)ccc1NC(=O)C(C)Br. The molecule has 0 aliphatic heterocycles. The standard InChI is InChI=1S/C12H17BrN2O/c1-8-7-10(15(3)4)5-6-11(8)14-12(16)9(2)13/h5-7,9H,1-4H3,(H,14,16). The molecular weight excluding hydrogens is 268 g/mol. The Balaban J connectivity index is 2.87. The van der Waals surface area contributed by atoms with E-state index in [1.807, 2.05) is 38.1 Å². The second kappa shape index (κ2) is 5.34. The predicted molar refractivity (Wildman–Crippen MR) is 72.5 cm³/mol. The van der Waals surface area contributed by atoms with Gasteiger partial charge in [-0.2, -0.15) is 0 Å². The summed E-state index contributed by atoms with van der Waals surface area (Å²) < 4.78 is 0. The minimum atomic E-state index is -0.180. The molecule has 16 heavy (non-hydrogen) atoms. The molecule has 1 N–H and O–H groups in total. The molecule has 1 amide bonds. The number of alkyl halides is 1. The Bertz CT molecular complexity index is 389. The quantitative estimate of drug-likeness (QED) is 0.866. The van der Waals surface area contributed by atoms with Crippen LogP contribution < -0.4 is 10.2 Å². The Morgan fingerprint density at radius 1 is 1.44 bits per heavy atom. The monoisotopic (exact) mass is 284 g/mol. The lowest BCUT2D eigenvalue weighted by molar-refractivity contribution is -0.115. The lowest BCUT2D eigenvalue weighted by atomic mass is 10.1. The molecule has 0 bridgehead atoms. The molecule has 3 nitrogen and oxygen atoms in total. The molecule has 4 heteroatoms. The van der Waals surface area contributed by atoms with Crippen LogP contribution in [0.1, 0.15) is 12.5 Å². The average molecular weight is 285 g/mol. The Kier molecular flexibility index (Phi) is 4.35. The summed E-state index contributed by atoms with van der Waals surface area (Å²) in [6.45, 7) is 3.79. The van der Waals surface area contributed by atoms with Crippen LogP contribution in [-0.2, 0) is 4.79 Å². The number of carbonyl (C=O) groups is 1. The van der Waals surface area contributed by atoms with Crippen molar-refractivity contribution in [1.82, 2.24) is 0 Å². The summed E-state index contributed by atoms with van der Waals surface area (Å²) in [5.74, 6) is -0.0271. The predicted octanol–water partition coefficient (Wildman–Crippen LogP) is 2.78. The molecule has 0 aliphatic carbocycles. The maximum absolute atomic E-state index is 11.5. The lowest BCUT2D eigenvalue weighted by Gasteiger charge is -2.15. The summed E-state index contributed by atoms with van der Waals surface area (Å²) in [6, 6.07) is 5.97. The first kappa shape index (κ1) is 13.0. The van der Waals surface area contributed by atoms with Crippen LogP contribution in [0.4, 0.5) is 11.4 Å². The van der Waals surface area contributed by atoms with Crippen molar-refractivity contribution in [2.75, 3.05) is 24.3 Å². The lowest BCUT2D eigenvalue weighted by Crippen LogP contribution is -2.20. The molecule has 1 unspecified atom stereocenters. The average Bonchev–Trinajstić information content (AvgIpc) is 2.20. The van der Waals surface area contributed by atoms with Crippen LogP contribution in [0.3, 0.4) is 0 Å². The third-order valence-electron chi connectivity index (χ3n) is 2.35. The molecule has 88 valence electrons. The van der Waals surface area contributed by atoms with E-state index in [2.05, 4.69) is 27.3 Å². The second-order valence-corrected chi connectivity index (χ2v) is 5.37. The number of carbonyl (C=O) groups excluding carboxylic acids is 1. The second-order valence-electron chi connectivity index (χ2n) is 4.00. The van der Waals surface area contributed by atoms with E-state index in [1.54, 1.807) is 6.92 Å². The normalized spacial score (nSPS) is 12.1. The molecule has 0 saturated carbocycles. The summed E-state index contributed by atoms with van der Waals surface area (Å²) in [5, 5.41) is 2.87. The Hall–Kier alpha value is -1.03. The molecular formula is C12H17BrN2O. The van der Waals surface area contributed by atoms with Gasteiger partial charge in [0.1, 0.15) is 0 Å². The maximum atomic E-state index is 11.5. The summed E-state index contributed by atoms with van der Waals surface area (Å²) >= 11 is 3.24.